The first-order valence-corrected chi connectivity index (χ1v) is 15.4. The van der Waals surface area contributed by atoms with Gasteiger partial charge in [-0.15, -0.1) is 0 Å². The zero-order valence-electron chi connectivity index (χ0n) is 21.8. The summed E-state index contributed by atoms with van der Waals surface area (Å²) in [5.41, 5.74) is 3.41. The third-order valence-electron chi connectivity index (χ3n) is 8.16. The number of nitrogens with zero attached hydrogens (tertiary/aromatic N) is 3. The molecule has 1 aromatic heterocycles. The van der Waals surface area contributed by atoms with Crippen molar-refractivity contribution in [1.29, 1.82) is 0 Å². The molecule has 204 valence electrons. The third kappa shape index (κ3) is 5.22. The smallest absolute Gasteiger partial charge is 0.309 e. The average molecular weight is 567 g/mol. The molecule has 2 unspecified atom stereocenters. The molecule has 2 aromatic carbocycles. The van der Waals surface area contributed by atoms with Crippen LogP contribution in [0.2, 0.25) is 5.02 Å². The van der Waals surface area contributed by atoms with E-state index in [4.69, 9.17) is 26.3 Å². The molecule has 4 heterocycles. The van der Waals surface area contributed by atoms with Gasteiger partial charge in [0.05, 0.1) is 25.0 Å². The fraction of sp³-hybridized carbons (Fsp3) is 0.414. The minimum atomic E-state index is -3.51. The third-order valence-corrected chi connectivity index (χ3v) is 10.3. The van der Waals surface area contributed by atoms with Gasteiger partial charge < -0.3 is 15.0 Å². The summed E-state index contributed by atoms with van der Waals surface area (Å²) in [5, 5.41) is 4.01. The highest BCUT2D eigenvalue weighted by molar-refractivity contribution is 7.91. The van der Waals surface area contributed by atoms with E-state index in [2.05, 4.69) is 22.3 Å². The molecule has 0 aliphatic carbocycles. The molecule has 2 bridgehead atoms. The van der Waals surface area contributed by atoms with Gasteiger partial charge in [0, 0.05) is 22.8 Å². The molecule has 6 rings (SSSR count). The number of aryl methyl sites for hydroxylation is 1. The number of fused-ring (bicyclic) bond motifs is 3. The lowest BCUT2D eigenvalue weighted by Gasteiger charge is -2.39. The van der Waals surface area contributed by atoms with Crippen LogP contribution < -0.4 is 10.2 Å². The van der Waals surface area contributed by atoms with Crippen LogP contribution in [0.5, 0.6) is 0 Å². The van der Waals surface area contributed by atoms with Crippen LogP contribution in [0.1, 0.15) is 54.8 Å². The number of esters is 1. The van der Waals surface area contributed by atoms with E-state index in [9.17, 15) is 13.2 Å². The van der Waals surface area contributed by atoms with Gasteiger partial charge >= 0.3 is 5.97 Å². The van der Waals surface area contributed by atoms with E-state index >= 15 is 0 Å². The van der Waals surface area contributed by atoms with Gasteiger partial charge in [-0.2, -0.15) is 4.98 Å². The van der Waals surface area contributed by atoms with Crippen molar-refractivity contribution in [2.45, 2.75) is 67.8 Å². The van der Waals surface area contributed by atoms with Gasteiger partial charge in [-0.25, -0.2) is 13.4 Å². The van der Waals surface area contributed by atoms with Crippen LogP contribution in [0.15, 0.2) is 53.4 Å². The second-order valence-corrected chi connectivity index (χ2v) is 13.1. The summed E-state index contributed by atoms with van der Waals surface area (Å²) in [4.78, 5) is 23.9. The molecule has 0 radical (unpaired) electrons. The number of rotatable bonds is 6. The second-order valence-electron chi connectivity index (χ2n) is 10.7. The van der Waals surface area contributed by atoms with Gasteiger partial charge in [-0.3, -0.25) is 4.79 Å². The Kier molecular flexibility index (Phi) is 6.97. The molecule has 1 N–H and O–H groups in total. The SMILES string of the molecule is COC(=O)Cc1ccc(Nc2nc(N3C4CCC3CC(c3ccc(Cl)cc3)C4)nc3c2S(=O)(=O)CCC3)cc1. The van der Waals surface area contributed by atoms with Crippen LogP contribution in [-0.4, -0.2) is 49.3 Å². The van der Waals surface area contributed by atoms with Crippen LogP contribution in [-0.2, 0) is 32.2 Å². The zero-order valence-corrected chi connectivity index (χ0v) is 23.3. The topological polar surface area (TPSA) is 101 Å². The normalized spacial score (nSPS) is 23.2. The van der Waals surface area contributed by atoms with Gasteiger partial charge in [-0.05, 0) is 79.8 Å². The minimum Gasteiger partial charge on any atom is -0.469 e. The summed E-state index contributed by atoms with van der Waals surface area (Å²) in [6, 6.07) is 16.1. The molecule has 3 aliphatic rings. The number of carbonyl (C=O) groups excluding carboxylic acids is 1. The summed E-state index contributed by atoms with van der Waals surface area (Å²) in [5.74, 6) is 1.17. The molecule has 3 aromatic rings. The lowest BCUT2D eigenvalue weighted by molar-refractivity contribution is -0.139. The molecule has 0 saturated carbocycles. The monoisotopic (exact) mass is 566 g/mol. The van der Waals surface area contributed by atoms with Crippen LogP contribution in [0.3, 0.4) is 0 Å². The number of benzene rings is 2. The average Bonchev–Trinajstić information content (AvgIpc) is 3.18. The van der Waals surface area contributed by atoms with Gasteiger partial charge in [0.25, 0.3) is 0 Å². The Hall–Kier alpha value is -3.17. The van der Waals surface area contributed by atoms with Gasteiger partial charge in [0.15, 0.2) is 15.7 Å². The van der Waals surface area contributed by atoms with E-state index in [0.29, 0.717) is 54.0 Å². The molecule has 0 spiro atoms. The fourth-order valence-electron chi connectivity index (χ4n) is 6.30. The van der Waals surface area contributed by atoms with E-state index in [1.165, 1.54) is 12.7 Å². The molecule has 2 fully saturated rings. The Balaban J connectivity index is 1.31. The van der Waals surface area contributed by atoms with Crippen molar-refractivity contribution in [3.05, 3.63) is 70.4 Å². The number of halogens is 1. The van der Waals surface area contributed by atoms with Crippen molar-refractivity contribution in [1.82, 2.24) is 9.97 Å². The Morgan fingerprint density at radius 2 is 1.74 bits per heavy atom. The quantitative estimate of drug-likeness (QED) is 0.405. The highest BCUT2D eigenvalue weighted by Crippen LogP contribution is 2.45. The maximum absolute atomic E-state index is 13.2. The van der Waals surface area contributed by atoms with E-state index in [0.717, 1.165) is 36.3 Å². The maximum Gasteiger partial charge on any atom is 0.309 e. The second kappa shape index (κ2) is 10.4. The first kappa shape index (κ1) is 26.1. The van der Waals surface area contributed by atoms with Crippen molar-refractivity contribution >= 4 is 44.9 Å². The summed E-state index contributed by atoms with van der Waals surface area (Å²) in [6.45, 7) is 0. The van der Waals surface area contributed by atoms with Crippen LogP contribution in [0.25, 0.3) is 0 Å². The number of anilines is 3. The van der Waals surface area contributed by atoms with Crippen LogP contribution >= 0.6 is 11.6 Å². The number of carbonyl (C=O) groups is 1. The van der Waals surface area contributed by atoms with Crippen LogP contribution in [0, 0.1) is 0 Å². The molecule has 10 heteroatoms. The number of sulfone groups is 1. The number of methoxy groups -OCH3 is 1. The Bertz CT molecular complexity index is 1480. The number of hydrogen-bond acceptors (Lipinski definition) is 8. The summed E-state index contributed by atoms with van der Waals surface area (Å²) < 4.78 is 31.0. The molecule has 39 heavy (non-hydrogen) atoms. The standard InChI is InChI=1S/C29H31ClN4O4S/c1-38-26(35)15-18-4-10-22(11-5-18)31-28-27-25(3-2-14-39(27,36)37)32-29(33-28)34-23-12-13-24(34)17-20(16-23)19-6-8-21(30)9-7-19/h4-11,20,23-24H,2-3,12-17H2,1H3,(H,31,32,33). The zero-order chi connectivity index (χ0) is 27.1. The predicted octanol–water partition coefficient (Wildman–Crippen LogP) is 5.22. The van der Waals surface area contributed by atoms with Crippen molar-refractivity contribution in [2.75, 3.05) is 23.1 Å². The van der Waals surface area contributed by atoms with E-state index in [-0.39, 0.29) is 23.0 Å². The maximum atomic E-state index is 13.2. The van der Waals surface area contributed by atoms with Crippen molar-refractivity contribution in [2.24, 2.45) is 0 Å². The molecule has 8 nitrogen and oxygen atoms in total. The van der Waals surface area contributed by atoms with Crippen molar-refractivity contribution in [3.63, 3.8) is 0 Å². The largest absolute Gasteiger partial charge is 0.469 e. The highest BCUT2D eigenvalue weighted by Gasteiger charge is 2.43. The van der Waals surface area contributed by atoms with Crippen molar-refractivity contribution < 1.29 is 17.9 Å². The van der Waals surface area contributed by atoms with Crippen LogP contribution in [0.4, 0.5) is 17.5 Å². The van der Waals surface area contributed by atoms with E-state index in [1.54, 1.807) is 0 Å². The fourth-order valence-corrected chi connectivity index (χ4v) is 8.06. The first-order valence-electron chi connectivity index (χ1n) is 13.4. The van der Waals surface area contributed by atoms with Crippen molar-refractivity contribution in [3.8, 4) is 0 Å². The molecule has 2 atom stereocenters. The molecular formula is C29H31ClN4O4S. The Morgan fingerprint density at radius 3 is 2.41 bits per heavy atom. The number of piperidine rings is 1. The summed E-state index contributed by atoms with van der Waals surface area (Å²) in [6.07, 6.45) is 5.47. The number of nitrogens with one attached hydrogen (secondary N) is 1. The van der Waals surface area contributed by atoms with Gasteiger partial charge in [0.1, 0.15) is 4.90 Å². The Morgan fingerprint density at radius 1 is 1.05 bits per heavy atom. The predicted molar refractivity (Wildman–Crippen MR) is 151 cm³/mol. The number of ether oxygens (including phenoxy) is 1. The van der Waals surface area contributed by atoms with Gasteiger partial charge in [-0.1, -0.05) is 35.9 Å². The number of hydrogen-bond donors (Lipinski definition) is 1. The highest BCUT2D eigenvalue weighted by atomic mass is 35.5. The molecular weight excluding hydrogens is 536 g/mol. The van der Waals surface area contributed by atoms with E-state index in [1.807, 2.05) is 36.4 Å². The lowest BCUT2D eigenvalue weighted by atomic mass is 9.85. The van der Waals surface area contributed by atoms with Gasteiger partial charge in [0.2, 0.25) is 5.95 Å². The summed E-state index contributed by atoms with van der Waals surface area (Å²) in [7, 11) is -2.14. The summed E-state index contributed by atoms with van der Waals surface area (Å²) >= 11 is 6.12. The number of aromatic nitrogens is 2. The lowest BCUT2D eigenvalue weighted by Crippen LogP contribution is -2.43. The molecule has 0 amide bonds. The Labute approximate surface area is 233 Å². The van der Waals surface area contributed by atoms with E-state index < -0.39 is 9.84 Å². The molecule has 2 saturated heterocycles. The molecule has 3 aliphatic heterocycles. The minimum absolute atomic E-state index is 0.0905. The first-order chi connectivity index (χ1) is 18.8.